The number of nitrogens with two attached hydrogens (primary N) is 1. The minimum atomic E-state index is -3.76. The molecule has 0 aliphatic rings. The molecule has 0 aromatic rings. The summed E-state index contributed by atoms with van der Waals surface area (Å²) in [7, 11) is 0. The second-order valence-electron chi connectivity index (χ2n) is 1.34. The second-order valence-corrected chi connectivity index (χ2v) is 2.49. The minimum absolute atomic E-state index is 0.844. The van der Waals surface area contributed by atoms with Gasteiger partial charge in [-0.15, -0.1) is 0 Å². The van der Waals surface area contributed by atoms with Crippen LogP contribution in [0.5, 0.6) is 0 Å². The zero-order chi connectivity index (χ0) is 7.70. The topological polar surface area (TPSA) is 92.4 Å². The van der Waals surface area contributed by atoms with Crippen LogP contribution in [0.1, 0.15) is 19.8 Å². The molecule has 0 aromatic carbocycles. The van der Waals surface area contributed by atoms with Crippen molar-refractivity contribution in [2.75, 3.05) is 6.54 Å². The van der Waals surface area contributed by atoms with Gasteiger partial charge < -0.3 is 12.6 Å². The van der Waals surface area contributed by atoms with E-state index in [1.54, 1.807) is 0 Å². The van der Waals surface area contributed by atoms with Crippen LogP contribution in [0.4, 0.5) is 0 Å². The summed E-state index contributed by atoms with van der Waals surface area (Å²) in [6.07, 6.45) is 2.39. The average Bonchev–Trinajstić information content (AvgIpc) is 1.66. The lowest BCUT2D eigenvalue weighted by molar-refractivity contribution is -1.63. The van der Waals surface area contributed by atoms with Crippen LogP contribution in [0.2, 0.25) is 0 Å². The third kappa shape index (κ3) is 56.0. The van der Waals surface area contributed by atoms with Gasteiger partial charge in [0.2, 0.25) is 0 Å². The molecule has 0 aliphatic heterocycles. The summed E-state index contributed by atoms with van der Waals surface area (Å²) in [5.41, 5.74) is 5.14. The molecule has 58 valence electrons. The summed E-state index contributed by atoms with van der Waals surface area (Å²) in [5, 5.41) is 0. The second kappa shape index (κ2) is 11.4. The van der Waals surface area contributed by atoms with Crippen molar-refractivity contribution < 1.29 is 31.4 Å². The number of halogens is 1. The van der Waals surface area contributed by atoms with Crippen molar-refractivity contribution in [2.45, 2.75) is 19.8 Å². The highest BCUT2D eigenvalue weighted by Gasteiger charge is 1.89. The van der Waals surface area contributed by atoms with Crippen LogP contribution in [0.3, 0.4) is 0 Å². The Morgan fingerprint density at radius 1 is 1.56 bits per heavy atom. The molecule has 4 nitrogen and oxygen atoms in total. The average molecular weight is 249 g/mol. The predicted octanol–water partition coefficient (Wildman–Crippen LogP) is -5.19. The Bertz CT molecular complexity index is 40.0. The van der Waals surface area contributed by atoms with Gasteiger partial charge in [-0.3, -0.25) is 0 Å². The quantitative estimate of drug-likeness (QED) is 0.478. The molecule has 0 heterocycles. The van der Waals surface area contributed by atoms with Gasteiger partial charge in [0.15, 0.2) is 0 Å². The van der Waals surface area contributed by atoms with Gasteiger partial charge in [-0.1, -0.05) is 13.3 Å². The monoisotopic (exact) mass is 249 g/mol. The molecule has 0 radical (unpaired) electrons. The Labute approximate surface area is 63.7 Å². The molecule has 0 rings (SSSR count). The maximum Gasteiger partial charge on any atom is 0.503 e. The maximum atomic E-state index is 8.68. The van der Waals surface area contributed by atoms with Crippen molar-refractivity contribution in [3.05, 3.63) is 0 Å². The molecule has 0 atom stereocenters. The fourth-order valence-corrected chi connectivity index (χ4v) is 0.204. The Kier molecular flexibility index (Phi) is 15.5. The molecule has 0 saturated heterocycles. The van der Waals surface area contributed by atoms with Crippen LogP contribution >= 0.6 is 0 Å². The standard InChI is InChI=1S/C4H11N.HIO3/c1-2-3-4-5;2-1(3)4/h2-5H2,1H3;2H. The fraction of sp³-hybridized carbons (Fsp3) is 1.00. The summed E-state index contributed by atoms with van der Waals surface area (Å²) in [6, 6.07) is 0. The molecule has 0 fully saturated rings. The van der Waals surface area contributed by atoms with Crippen molar-refractivity contribution >= 4 is 0 Å². The largest absolute Gasteiger partial charge is 0.503 e. The first-order valence-electron chi connectivity index (χ1n) is 2.59. The summed E-state index contributed by atoms with van der Waals surface area (Å²) in [6.45, 7) is 2.98. The molecule has 0 aliphatic carbocycles. The van der Waals surface area contributed by atoms with Crippen LogP contribution in [0, 0.1) is 0 Å². The molecule has 0 unspecified atom stereocenters. The Morgan fingerprint density at radius 3 is 1.89 bits per heavy atom. The van der Waals surface area contributed by atoms with Crippen LogP contribution in [-0.2, 0) is 0 Å². The maximum absolute atomic E-state index is 8.68. The highest BCUT2D eigenvalue weighted by molar-refractivity contribution is 4.29. The van der Waals surface area contributed by atoms with Gasteiger partial charge >= 0.3 is 21.1 Å². The Hall–Kier alpha value is 0.570. The summed E-state index contributed by atoms with van der Waals surface area (Å²) < 4.78 is 24.5. The van der Waals surface area contributed by atoms with Crippen LogP contribution in [0.25, 0.3) is 0 Å². The zero-order valence-electron chi connectivity index (χ0n) is 5.34. The van der Waals surface area contributed by atoms with E-state index in [0.717, 1.165) is 6.54 Å². The van der Waals surface area contributed by atoms with Crippen molar-refractivity contribution in [1.82, 2.24) is 0 Å². The predicted molar refractivity (Wildman–Crippen MR) is 26.2 cm³/mol. The number of hydrogen-bond acceptors (Lipinski definition) is 4. The van der Waals surface area contributed by atoms with E-state index in [1.165, 1.54) is 12.8 Å². The lowest BCUT2D eigenvalue weighted by atomic mass is 10.3. The van der Waals surface area contributed by atoms with Gasteiger partial charge in [0.05, 0.1) is 0 Å². The highest BCUT2D eigenvalue weighted by atomic mass is 127. The van der Waals surface area contributed by atoms with Gasteiger partial charge in [-0.2, -0.15) is 0 Å². The number of unbranched alkanes of at least 4 members (excludes halogenated alkanes) is 1. The third-order valence-electron chi connectivity index (χ3n) is 0.558. The summed E-state index contributed by atoms with van der Waals surface area (Å²) in [5.74, 6) is 0. The van der Waals surface area contributed by atoms with Gasteiger partial charge in [-0.05, 0) is 16.4 Å². The van der Waals surface area contributed by atoms with Crippen molar-refractivity contribution in [3.8, 4) is 0 Å². The van der Waals surface area contributed by atoms with E-state index in [1.807, 2.05) is 0 Å². The lowest BCUT2D eigenvalue weighted by Gasteiger charge is -1.80. The summed E-state index contributed by atoms with van der Waals surface area (Å²) in [4.78, 5) is 0. The lowest BCUT2D eigenvalue weighted by Crippen LogP contribution is -3.98. The zero-order valence-corrected chi connectivity index (χ0v) is 7.50. The third-order valence-corrected chi connectivity index (χ3v) is 0.558. The van der Waals surface area contributed by atoms with Crippen molar-refractivity contribution in [2.24, 2.45) is 5.73 Å². The highest BCUT2D eigenvalue weighted by Crippen LogP contribution is 1.77. The Balaban J connectivity index is 0. The van der Waals surface area contributed by atoms with E-state index >= 15 is 0 Å². The molecule has 0 amide bonds. The van der Waals surface area contributed by atoms with Gasteiger partial charge in [0.1, 0.15) is 0 Å². The van der Waals surface area contributed by atoms with E-state index in [-0.39, 0.29) is 0 Å². The van der Waals surface area contributed by atoms with Gasteiger partial charge in [0, 0.05) is 0 Å². The number of hydrogen-bond donors (Lipinski definition) is 2. The molecule has 0 saturated carbocycles. The van der Waals surface area contributed by atoms with E-state index < -0.39 is 21.1 Å². The first-order valence-corrected chi connectivity index (χ1v) is 5.32. The van der Waals surface area contributed by atoms with E-state index in [0.29, 0.717) is 0 Å². The molecule has 0 aromatic heterocycles. The number of rotatable bonds is 2. The van der Waals surface area contributed by atoms with Crippen LogP contribution < -0.4 is 33.7 Å². The van der Waals surface area contributed by atoms with E-state index in [9.17, 15) is 0 Å². The van der Waals surface area contributed by atoms with Crippen molar-refractivity contribution in [3.63, 3.8) is 0 Å². The first kappa shape index (κ1) is 12.3. The molecule has 0 bridgehead atoms. The summed E-state index contributed by atoms with van der Waals surface area (Å²) >= 11 is -3.76. The molecule has 9 heavy (non-hydrogen) atoms. The smallest absolute Gasteiger partial charge is 0.396 e. The molecule has 3 N–H and O–H groups in total. The van der Waals surface area contributed by atoms with Gasteiger partial charge in [0.25, 0.3) is 0 Å². The first-order chi connectivity index (χ1) is 4.15. The SMILES string of the molecule is CCCCN.[O-][I+2]([O-])O. The molecule has 0 spiro atoms. The van der Waals surface area contributed by atoms with E-state index in [4.69, 9.17) is 16.0 Å². The Morgan fingerprint density at radius 2 is 1.89 bits per heavy atom. The van der Waals surface area contributed by atoms with Gasteiger partial charge in [-0.25, -0.2) is 0 Å². The molecular weight excluding hydrogens is 237 g/mol. The van der Waals surface area contributed by atoms with E-state index in [2.05, 4.69) is 6.92 Å². The van der Waals surface area contributed by atoms with Crippen LogP contribution in [-0.4, -0.2) is 9.98 Å². The van der Waals surface area contributed by atoms with Crippen LogP contribution in [0.15, 0.2) is 0 Å². The molecular formula is C4H12INO3. The molecule has 5 heteroatoms. The van der Waals surface area contributed by atoms with Crippen molar-refractivity contribution in [1.29, 1.82) is 0 Å². The fourth-order valence-electron chi connectivity index (χ4n) is 0.204. The minimum Gasteiger partial charge on any atom is -0.396 e. The normalized spacial score (nSPS) is 8.67.